The molecule has 1 aliphatic heterocycles. The summed E-state index contributed by atoms with van der Waals surface area (Å²) in [5, 5.41) is 0. The third-order valence-corrected chi connectivity index (χ3v) is 5.50. The van der Waals surface area contributed by atoms with Crippen molar-refractivity contribution in [3.8, 4) is 0 Å². The highest BCUT2D eigenvalue weighted by Crippen LogP contribution is 2.33. The molecule has 0 aliphatic carbocycles. The minimum absolute atomic E-state index is 0.173. The predicted octanol–water partition coefficient (Wildman–Crippen LogP) is 2.19. The van der Waals surface area contributed by atoms with Crippen molar-refractivity contribution in [3.63, 3.8) is 0 Å². The maximum atomic E-state index is 12.1. The van der Waals surface area contributed by atoms with Crippen molar-refractivity contribution in [1.82, 2.24) is 4.31 Å². The van der Waals surface area contributed by atoms with Crippen LogP contribution in [0.25, 0.3) is 0 Å². The Balaban J connectivity index is 2.24. The molecule has 0 amide bonds. The molecule has 1 saturated heterocycles. The lowest BCUT2D eigenvalue weighted by molar-refractivity contribution is 0.552. The number of hydrogen-bond acceptors (Lipinski definition) is 2. The van der Waals surface area contributed by atoms with Gasteiger partial charge < -0.3 is 0 Å². The summed E-state index contributed by atoms with van der Waals surface area (Å²) in [4.78, 5) is 0.401. The third kappa shape index (κ3) is 2.26. The fraction of sp³-hybridized carbons (Fsp3) is 0.455. The topological polar surface area (TPSA) is 37.1 Å². The molecule has 1 unspecified atom stereocenters. The minimum atomic E-state index is -3.25. The molecular formula is C11H14INO2S. The Labute approximate surface area is 110 Å². The average Bonchev–Trinajstić information content (AvgIpc) is 2.98. The molecule has 0 bridgehead atoms. The van der Waals surface area contributed by atoms with Gasteiger partial charge in [-0.15, -0.1) is 0 Å². The second kappa shape index (κ2) is 4.27. The lowest BCUT2D eigenvalue weighted by atomic mass is 10.2. The molecule has 2 rings (SSSR count). The number of benzene rings is 1. The summed E-state index contributed by atoms with van der Waals surface area (Å²) >= 11 is 2.27. The van der Waals surface area contributed by atoms with Crippen LogP contribution in [0.1, 0.15) is 12.5 Å². The van der Waals surface area contributed by atoms with Crippen molar-refractivity contribution in [2.45, 2.75) is 28.7 Å². The molecule has 0 saturated carbocycles. The lowest BCUT2D eigenvalue weighted by Gasteiger charge is -2.07. The van der Waals surface area contributed by atoms with Gasteiger partial charge in [0.05, 0.1) is 10.9 Å². The van der Waals surface area contributed by atoms with E-state index in [1.165, 1.54) is 0 Å². The van der Waals surface area contributed by atoms with Crippen molar-refractivity contribution in [2.24, 2.45) is 0 Å². The summed E-state index contributed by atoms with van der Waals surface area (Å²) in [6.45, 7) is 4.64. The van der Waals surface area contributed by atoms with Gasteiger partial charge in [0.15, 0.2) is 0 Å². The fourth-order valence-corrected chi connectivity index (χ4v) is 4.11. The van der Waals surface area contributed by atoms with Gasteiger partial charge in [0.2, 0.25) is 10.0 Å². The van der Waals surface area contributed by atoms with Crippen molar-refractivity contribution >= 4 is 32.6 Å². The average molecular weight is 351 g/mol. The summed E-state index contributed by atoms with van der Waals surface area (Å²) in [6.07, 6.45) is 0. The van der Waals surface area contributed by atoms with Gasteiger partial charge in [-0.25, -0.2) is 8.42 Å². The highest BCUT2D eigenvalue weighted by molar-refractivity contribution is 14.1. The minimum Gasteiger partial charge on any atom is -0.207 e. The number of halogens is 1. The number of sulfonamides is 1. The van der Waals surface area contributed by atoms with Crippen molar-refractivity contribution in [1.29, 1.82) is 0 Å². The maximum Gasteiger partial charge on any atom is 0.243 e. The molecule has 0 radical (unpaired) electrons. The van der Waals surface area contributed by atoms with Crippen LogP contribution in [-0.2, 0) is 10.0 Å². The van der Waals surface area contributed by atoms with Gasteiger partial charge in [-0.1, -0.05) is 47.2 Å². The molecule has 5 heteroatoms. The predicted molar refractivity (Wildman–Crippen MR) is 72.3 cm³/mol. The van der Waals surface area contributed by atoms with Crippen LogP contribution < -0.4 is 0 Å². The van der Waals surface area contributed by atoms with Gasteiger partial charge in [0, 0.05) is 10.5 Å². The molecule has 1 aliphatic rings. The van der Waals surface area contributed by atoms with E-state index in [-0.39, 0.29) is 6.04 Å². The first-order chi connectivity index (χ1) is 7.43. The van der Waals surface area contributed by atoms with E-state index in [4.69, 9.17) is 0 Å². The van der Waals surface area contributed by atoms with E-state index in [1.807, 2.05) is 26.0 Å². The summed E-state index contributed by atoms with van der Waals surface area (Å²) in [7, 11) is -3.25. The van der Waals surface area contributed by atoms with E-state index in [0.717, 1.165) is 5.56 Å². The molecule has 1 fully saturated rings. The first-order valence-corrected chi connectivity index (χ1v) is 7.84. The maximum absolute atomic E-state index is 12.1. The Morgan fingerprint density at radius 1 is 1.38 bits per heavy atom. The van der Waals surface area contributed by atoms with Gasteiger partial charge in [-0.3, -0.25) is 0 Å². The third-order valence-electron chi connectivity index (χ3n) is 2.76. The molecule has 3 nitrogen and oxygen atoms in total. The van der Waals surface area contributed by atoms with Gasteiger partial charge in [0.1, 0.15) is 0 Å². The Kier molecular flexibility index (Phi) is 3.29. The normalized spacial score (nSPS) is 26.4. The molecule has 16 heavy (non-hydrogen) atoms. The van der Waals surface area contributed by atoms with Crippen LogP contribution in [0.3, 0.4) is 0 Å². The molecule has 0 aromatic heterocycles. The zero-order valence-corrected chi connectivity index (χ0v) is 12.2. The first kappa shape index (κ1) is 12.3. The number of aryl methyl sites for hydroxylation is 1. The number of alkyl halides is 1. The number of rotatable bonds is 3. The molecule has 0 spiro atoms. The molecule has 88 valence electrons. The Hall–Kier alpha value is -0.140. The quantitative estimate of drug-likeness (QED) is 0.476. The zero-order chi connectivity index (χ0) is 11.9. The van der Waals surface area contributed by atoms with E-state index >= 15 is 0 Å². The van der Waals surface area contributed by atoms with Crippen LogP contribution in [0.15, 0.2) is 29.2 Å². The van der Waals surface area contributed by atoms with Gasteiger partial charge in [-0.05, 0) is 19.1 Å². The van der Waals surface area contributed by atoms with E-state index in [0.29, 0.717) is 15.4 Å². The second-order valence-corrected chi connectivity index (χ2v) is 7.99. The van der Waals surface area contributed by atoms with E-state index in [1.54, 1.807) is 16.4 Å². The van der Waals surface area contributed by atoms with Crippen LogP contribution >= 0.6 is 22.6 Å². The molecule has 1 aromatic rings. The molecule has 3 atom stereocenters. The van der Waals surface area contributed by atoms with Crippen LogP contribution in [0.2, 0.25) is 0 Å². The highest BCUT2D eigenvalue weighted by Gasteiger charge is 2.46. The SMILES string of the molecule is Cc1ccc(S(=O)(=O)N2C[C@@H]2[C@@H](C)I)cc1. The standard InChI is InChI=1S/C11H14INO2S/c1-8-3-5-10(6-4-8)16(14,15)13-7-11(13)9(2)12/h3-6,9,11H,7H2,1-2H3/t9-,11-,13?/m1/s1. The summed E-state index contributed by atoms with van der Waals surface area (Å²) < 4.78 is 26.2. The van der Waals surface area contributed by atoms with Crippen molar-refractivity contribution in [2.75, 3.05) is 6.54 Å². The van der Waals surface area contributed by atoms with Gasteiger partial charge in [0.25, 0.3) is 0 Å². The highest BCUT2D eigenvalue weighted by atomic mass is 127. The monoisotopic (exact) mass is 351 g/mol. The summed E-state index contributed by atoms with van der Waals surface area (Å²) in [6, 6.07) is 7.19. The van der Waals surface area contributed by atoms with Gasteiger partial charge in [-0.2, -0.15) is 4.31 Å². The van der Waals surface area contributed by atoms with E-state index in [9.17, 15) is 8.42 Å². The van der Waals surface area contributed by atoms with Crippen LogP contribution in [0, 0.1) is 6.92 Å². The number of hydrogen-bond donors (Lipinski definition) is 0. The fourth-order valence-electron chi connectivity index (χ4n) is 1.63. The van der Waals surface area contributed by atoms with Crippen LogP contribution in [0.4, 0.5) is 0 Å². The summed E-state index contributed by atoms with van der Waals surface area (Å²) in [5.74, 6) is 0. The molecule has 1 heterocycles. The van der Waals surface area contributed by atoms with Crippen LogP contribution in [0.5, 0.6) is 0 Å². The van der Waals surface area contributed by atoms with Gasteiger partial charge >= 0.3 is 0 Å². The van der Waals surface area contributed by atoms with E-state index < -0.39 is 10.0 Å². The Morgan fingerprint density at radius 2 is 1.94 bits per heavy atom. The van der Waals surface area contributed by atoms with E-state index in [2.05, 4.69) is 22.6 Å². The zero-order valence-electron chi connectivity index (χ0n) is 9.22. The molecular weight excluding hydrogens is 337 g/mol. The lowest BCUT2D eigenvalue weighted by Crippen LogP contribution is -2.17. The first-order valence-electron chi connectivity index (χ1n) is 5.15. The van der Waals surface area contributed by atoms with Crippen molar-refractivity contribution in [3.05, 3.63) is 29.8 Å². The largest absolute Gasteiger partial charge is 0.243 e. The second-order valence-electron chi connectivity index (χ2n) is 4.13. The molecule has 0 N–H and O–H groups in total. The Bertz CT molecular complexity index is 481. The van der Waals surface area contributed by atoms with Crippen molar-refractivity contribution < 1.29 is 8.42 Å². The number of nitrogens with zero attached hydrogens (tertiary/aromatic N) is 1. The Morgan fingerprint density at radius 3 is 2.38 bits per heavy atom. The smallest absolute Gasteiger partial charge is 0.207 e. The molecule has 1 aromatic carbocycles. The van der Waals surface area contributed by atoms with Crippen LogP contribution in [-0.4, -0.2) is 29.2 Å². The summed E-state index contributed by atoms with van der Waals surface area (Å²) in [5.41, 5.74) is 1.07.